The molecule has 0 N–H and O–H groups in total. The summed E-state index contributed by atoms with van der Waals surface area (Å²) in [6.45, 7) is 7.86. The molecule has 0 amide bonds. The van der Waals surface area contributed by atoms with E-state index in [2.05, 4.69) is 14.7 Å². The molecule has 4 heterocycles. The number of nitrogens with zero attached hydrogens (tertiary/aromatic N) is 5. The van der Waals surface area contributed by atoms with Crippen molar-refractivity contribution >= 4 is 33.1 Å². The topological polar surface area (TPSA) is 44.7 Å². The van der Waals surface area contributed by atoms with Gasteiger partial charge < -0.3 is 14.5 Å². The van der Waals surface area contributed by atoms with Gasteiger partial charge in [0.1, 0.15) is 22.3 Å². The molecule has 0 atom stereocenters. The van der Waals surface area contributed by atoms with Crippen molar-refractivity contribution < 1.29 is 9.13 Å². The van der Waals surface area contributed by atoms with Crippen LogP contribution in [0.3, 0.4) is 0 Å². The molecule has 6 nitrogen and oxygen atoms in total. The summed E-state index contributed by atoms with van der Waals surface area (Å²) in [5, 5.41) is 1.30. The third-order valence-corrected chi connectivity index (χ3v) is 8.27. The maximum atomic E-state index is 13.3. The van der Waals surface area contributed by atoms with Gasteiger partial charge in [-0.1, -0.05) is 0 Å². The van der Waals surface area contributed by atoms with Crippen molar-refractivity contribution in [1.82, 2.24) is 14.9 Å². The van der Waals surface area contributed by atoms with Crippen LogP contribution in [-0.4, -0.2) is 67.4 Å². The van der Waals surface area contributed by atoms with Crippen molar-refractivity contribution in [2.75, 3.05) is 62.3 Å². The Morgan fingerprint density at radius 2 is 1.61 bits per heavy atom. The summed E-state index contributed by atoms with van der Waals surface area (Å²) in [5.74, 6) is 1.87. The molecular formula is C25H30FN5OS. The third-order valence-electron chi connectivity index (χ3n) is 7.08. The Morgan fingerprint density at radius 3 is 2.39 bits per heavy atom. The number of halogens is 1. The van der Waals surface area contributed by atoms with Crippen LogP contribution in [0.15, 0.2) is 24.3 Å². The lowest BCUT2D eigenvalue weighted by molar-refractivity contribution is 0.0331. The molecule has 3 aromatic rings. The molecule has 1 aromatic carbocycles. The van der Waals surface area contributed by atoms with Gasteiger partial charge >= 0.3 is 0 Å². The highest BCUT2D eigenvalue weighted by Gasteiger charge is 2.27. The molecule has 2 fully saturated rings. The summed E-state index contributed by atoms with van der Waals surface area (Å²) in [4.78, 5) is 20.1. The van der Waals surface area contributed by atoms with Crippen molar-refractivity contribution in [3.8, 4) is 0 Å². The molecule has 2 aromatic heterocycles. The summed E-state index contributed by atoms with van der Waals surface area (Å²) in [5.41, 5.74) is 2.58. The van der Waals surface area contributed by atoms with Crippen molar-refractivity contribution in [2.45, 2.75) is 32.2 Å². The van der Waals surface area contributed by atoms with Crippen LogP contribution in [0, 0.1) is 5.82 Å². The second-order valence-electron chi connectivity index (χ2n) is 9.19. The number of anilines is 2. The van der Waals surface area contributed by atoms with Crippen LogP contribution in [0.4, 0.5) is 15.9 Å². The fourth-order valence-corrected chi connectivity index (χ4v) is 6.54. The van der Waals surface area contributed by atoms with E-state index in [-0.39, 0.29) is 5.82 Å². The van der Waals surface area contributed by atoms with Gasteiger partial charge in [0.15, 0.2) is 0 Å². The van der Waals surface area contributed by atoms with E-state index in [1.54, 1.807) is 12.1 Å². The zero-order chi connectivity index (χ0) is 22.2. The minimum absolute atomic E-state index is 0.184. The van der Waals surface area contributed by atoms with E-state index >= 15 is 0 Å². The van der Waals surface area contributed by atoms with Gasteiger partial charge in [-0.3, -0.25) is 4.90 Å². The number of ether oxygens (including phenoxy) is 1. The quantitative estimate of drug-likeness (QED) is 0.581. The Labute approximate surface area is 198 Å². The van der Waals surface area contributed by atoms with Gasteiger partial charge in [0.25, 0.3) is 0 Å². The minimum Gasteiger partial charge on any atom is -0.379 e. The largest absolute Gasteiger partial charge is 0.379 e. The second kappa shape index (κ2) is 9.16. The highest BCUT2D eigenvalue weighted by atomic mass is 32.1. The maximum Gasteiger partial charge on any atom is 0.146 e. The number of hydrogen-bond acceptors (Lipinski definition) is 7. The number of aromatic nitrogens is 2. The molecule has 8 heteroatoms. The molecule has 0 saturated carbocycles. The van der Waals surface area contributed by atoms with E-state index in [1.165, 1.54) is 35.1 Å². The highest BCUT2D eigenvalue weighted by Crippen LogP contribution is 2.40. The van der Waals surface area contributed by atoms with Gasteiger partial charge in [-0.15, -0.1) is 11.3 Å². The lowest BCUT2D eigenvalue weighted by Gasteiger charge is -2.37. The maximum absolute atomic E-state index is 13.3. The Bertz CT molecular complexity index is 1120. The normalized spacial score (nSPS) is 19.8. The molecule has 33 heavy (non-hydrogen) atoms. The van der Waals surface area contributed by atoms with E-state index < -0.39 is 0 Å². The fraction of sp³-hybridized carbons (Fsp3) is 0.520. The molecule has 1 aliphatic carbocycles. The van der Waals surface area contributed by atoms with Gasteiger partial charge in [0.05, 0.1) is 25.1 Å². The summed E-state index contributed by atoms with van der Waals surface area (Å²) >= 11 is 1.89. The molecule has 0 spiro atoms. The molecule has 6 rings (SSSR count). The van der Waals surface area contributed by atoms with Crippen LogP contribution < -0.4 is 9.80 Å². The third kappa shape index (κ3) is 4.32. The first kappa shape index (κ1) is 21.3. The smallest absolute Gasteiger partial charge is 0.146 e. The first-order valence-corrected chi connectivity index (χ1v) is 12.9. The van der Waals surface area contributed by atoms with Crippen molar-refractivity contribution in [1.29, 1.82) is 0 Å². The Morgan fingerprint density at radius 1 is 0.879 bits per heavy atom. The van der Waals surface area contributed by atoms with Crippen LogP contribution in [-0.2, 0) is 24.1 Å². The van der Waals surface area contributed by atoms with Gasteiger partial charge in [-0.25, -0.2) is 14.4 Å². The van der Waals surface area contributed by atoms with Crippen molar-refractivity contribution in [3.05, 3.63) is 46.3 Å². The number of thiophene rings is 1. The molecule has 2 aliphatic heterocycles. The molecule has 0 bridgehead atoms. The second-order valence-corrected chi connectivity index (χ2v) is 10.3. The average Bonchev–Trinajstić information content (AvgIpc) is 3.23. The van der Waals surface area contributed by atoms with Gasteiger partial charge in [0.2, 0.25) is 0 Å². The number of hydrogen-bond donors (Lipinski definition) is 0. The van der Waals surface area contributed by atoms with Crippen LogP contribution in [0.1, 0.15) is 29.1 Å². The lowest BCUT2D eigenvalue weighted by atomic mass is 9.97. The molecular weight excluding hydrogens is 437 g/mol. The standard InChI is InChI=1S/C25H30FN5OS/c26-18-5-7-19(8-6-18)30-9-11-31(12-10-30)24-23-20-3-1-2-4-21(20)33-25(23)28-22(27-24)17-29-13-15-32-16-14-29/h5-8H,1-4,9-17H2. The van der Waals surface area contributed by atoms with Gasteiger partial charge in [-0.2, -0.15) is 0 Å². The zero-order valence-electron chi connectivity index (χ0n) is 18.9. The summed E-state index contributed by atoms with van der Waals surface area (Å²) in [7, 11) is 0. The van der Waals surface area contributed by atoms with Gasteiger partial charge in [0, 0.05) is 49.8 Å². The summed E-state index contributed by atoms with van der Waals surface area (Å²) in [6.07, 6.45) is 4.85. The van der Waals surface area contributed by atoms with E-state index in [4.69, 9.17) is 14.7 Å². The van der Waals surface area contributed by atoms with Crippen molar-refractivity contribution in [3.63, 3.8) is 0 Å². The predicted molar refractivity (Wildman–Crippen MR) is 131 cm³/mol. The predicted octanol–water partition coefficient (Wildman–Crippen LogP) is 3.87. The molecule has 174 valence electrons. The first-order valence-electron chi connectivity index (χ1n) is 12.1. The summed E-state index contributed by atoms with van der Waals surface area (Å²) < 4.78 is 18.9. The monoisotopic (exact) mass is 467 g/mol. The van der Waals surface area contributed by atoms with E-state index in [0.717, 1.165) is 87.6 Å². The molecule has 0 radical (unpaired) electrons. The van der Waals surface area contributed by atoms with Crippen LogP contribution in [0.2, 0.25) is 0 Å². The zero-order valence-corrected chi connectivity index (χ0v) is 19.7. The molecule has 2 saturated heterocycles. The minimum atomic E-state index is -0.184. The Hall–Kier alpha value is -2.29. The van der Waals surface area contributed by atoms with E-state index in [9.17, 15) is 4.39 Å². The van der Waals surface area contributed by atoms with Crippen LogP contribution >= 0.6 is 11.3 Å². The number of morpholine rings is 1. The number of benzene rings is 1. The first-order chi connectivity index (χ1) is 16.2. The highest BCUT2D eigenvalue weighted by molar-refractivity contribution is 7.19. The average molecular weight is 468 g/mol. The van der Waals surface area contributed by atoms with Crippen LogP contribution in [0.25, 0.3) is 10.2 Å². The fourth-order valence-electron chi connectivity index (χ4n) is 5.27. The summed E-state index contributed by atoms with van der Waals surface area (Å²) in [6, 6.07) is 6.85. The Kier molecular flexibility index (Phi) is 5.90. The number of aryl methyl sites for hydroxylation is 2. The number of fused-ring (bicyclic) bond motifs is 3. The molecule has 3 aliphatic rings. The number of rotatable bonds is 4. The van der Waals surface area contributed by atoms with Gasteiger partial charge in [-0.05, 0) is 55.5 Å². The number of piperazine rings is 1. The van der Waals surface area contributed by atoms with Crippen molar-refractivity contribution in [2.24, 2.45) is 0 Å². The van der Waals surface area contributed by atoms with E-state index in [0.29, 0.717) is 0 Å². The Balaban J connectivity index is 1.30. The lowest BCUT2D eigenvalue weighted by Crippen LogP contribution is -2.47. The van der Waals surface area contributed by atoms with E-state index in [1.807, 2.05) is 23.5 Å². The van der Waals surface area contributed by atoms with Crippen LogP contribution in [0.5, 0.6) is 0 Å². The SMILES string of the molecule is Fc1ccc(N2CCN(c3nc(CN4CCOCC4)nc4sc5c(c34)CCCC5)CC2)cc1. The molecule has 0 unspecified atom stereocenters.